The van der Waals surface area contributed by atoms with Crippen molar-refractivity contribution >= 4 is 28.6 Å². The standard InChI is InChI=1S/C26H35FN2O4S/c1-4-33-24(31)13-15-28(3)14-11-20-17-29(16-12-23(20)34-18(2)30)25(26(32)19-9-10-19)21-7-5-6-8-22(21)27/h5-8,11,19,23,25H,4,9-10,12-17H2,1-3H3/b20-11+. The highest BCUT2D eigenvalue weighted by molar-refractivity contribution is 8.14. The first-order valence-corrected chi connectivity index (χ1v) is 12.9. The smallest absolute Gasteiger partial charge is 0.307 e. The minimum atomic E-state index is -0.609. The van der Waals surface area contributed by atoms with Crippen LogP contribution in [0.1, 0.15) is 51.1 Å². The number of likely N-dealkylation sites (N-methyl/N-ethyl adjacent to an activating group) is 1. The Hall–Kier alpha value is -2.03. The number of hydrogen-bond donors (Lipinski definition) is 0. The third-order valence-electron chi connectivity index (χ3n) is 6.27. The van der Waals surface area contributed by atoms with Gasteiger partial charge in [0.2, 0.25) is 0 Å². The number of ketones is 1. The van der Waals surface area contributed by atoms with Gasteiger partial charge in [0, 0.05) is 49.8 Å². The van der Waals surface area contributed by atoms with Crippen molar-refractivity contribution in [2.24, 2.45) is 5.92 Å². The van der Waals surface area contributed by atoms with Crippen LogP contribution in [0.4, 0.5) is 4.39 Å². The fourth-order valence-corrected chi connectivity index (χ4v) is 5.28. The monoisotopic (exact) mass is 490 g/mol. The lowest BCUT2D eigenvalue weighted by atomic mass is 9.93. The van der Waals surface area contributed by atoms with E-state index < -0.39 is 6.04 Å². The van der Waals surface area contributed by atoms with Gasteiger partial charge in [-0.1, -0.05) is 36.0 Å². The summed E-state index contributed by atoms with van der Waals surface area (Å²) >= 11 is 1.31. The van der Waals surface area contributed by atoms with Gasteiger partial charge in [-0.2, -0.15) is 0 Å². The quantitative estimate of drug-likeness (QED) is 0.343. The lowest BCUT2D eigenvalue weighted by Crippen LogP contribution is -2.43. The Morgan fingerprint density at radius 3 is 2.65 bits per heavy atom. The molecule has 1 aliphatic heterocycles. The van der Waals surface area contributed by atoms with Crippen LogP contribution in [0.25, 0.3) is 0 Å². The number of rotatable bonds is 11. The minimum absolute atomic E-state index is 0.00960. The largest absolute Gasteiger partial charge is 0.466 e. The molecule has 0 amide bonds. The Balaban J connectivity index is 1.77. The number of ether oxygens (including phenoxy) is 1. The van der Waals surface area contributed by atoms with E-state index in [0.29, 0.717) is 51.2 Å². The fraction of sp³-hybridized carbons (Fsp3) is 0.577. The predicted octanol–water partition coefficient (Wildman–Crippen LogP) is 4.01. The summed E-state index contributed by atoms with van der Waals surface area (Å²) in [6, 6.07) is 5.94. The van der Waals surface area contributed by atoms with Crippen LogP contribution in [0.2, 0.25) is 0 Å². The zero-order valence-corrected chi connectivity index (χ0v) is 21.1. The molecule has 2 fully saturated rings. The van der Waals surface area contributed by atoms with Crippen molar-refractivity contribution in [3.63, 3.8) is 0 Å². The third kappa shape index (κ3) is 7.48. The minimum Gasteiger partial charge on any atom is -0.466 e. The first kappa shape index (κ1) is 26.6. The highest BCUT2D eigenvalue weighted by atomic mass is 32.2. The summed E-state index contributed by atoms with van der Waals surface area (Å²) in [4.78, 5) is 40.9. The molecule has 1 saturated carbocycles. The molecule has 186 valence electrons. The Bertz CT molecular complexity index is 918. The molecule has 1 saturated heterocycles. The summed E-state index contributed by atoms with van der Waals surface area (Å²) < 4.78 is 19.8. The van der Waals surface area contributed by atoms with Gasteiger partial charge in [0.15, 0.2) is 10.9 Å². The topological polar surface area (TPSA) is 66.9 Å². The number of thioether (sulfide) groups is 1. The van der Waals surface area contributed by atoms with E-state index in [-0.39, 0.29) is 33.9 Å². The molecule has 0 spiro atoms. The molecule has 34 heavy (non-hydrogen) atoms. The maximum Gasteiger partial charge on any atom is 0.307 e. The number of Topliss-reactive ketones (excluding diaryl/α,β-unsaturated/α-hetero) is 1. The lowest BCUT2D eigenvalue weighted by molar-refractivity contribution is -0.143. The number of piperidine rings is 1. The van der Waals surface area contributed by atoms with Gasteiger partial charge in [0.1, 0.15) is 5.82 Å². The molecule has 0 aromatic heterocycles. The van der Waals surface area contributed by atoms with E-state index in [1.165, 1.54) is 17.8 Å². The van der Waals surface area contributed by atoms with Crippen LogP contribution in [0.5, 0.6) is 0 Å². The van der Waals surface area contributed by atoms with Gasteiger partial charge < -0.3 is 9.64 Å². The lowest BCUT2D eigenvalue weighted by Gasteiger charge is -2.38. The maximum atomic E-state index is 14.8. The van der Waals surface area contributed by atoms with E-state index >= 15 is 0 Å². The van der Waals surface area contributed by atoms with Crippen molar-refractivity contribution in [1.29, 1.82) is 0 Å². The molecule has 0 N–H and O–H groups in total. The van der Waals surface area contributed by atoms with Crippen LogP contribution >= 0.6 is 11.8 Å². The van der Waals surface area contributed by atoms with E-state index in [4.69, 9.17) is 4.74 Å². The SMILES string of the molecule is CCOC(=O)CCN(C)C/C=C1\CN(C(C(=O)C2CC2)c2ccccc2F)CCC1SC(C)=O. The molecule has 3 rings (SSSR count). The van der Waals surface area contributed by atoms with E-state index in [2.05, 4.69) is 11.0 Å². The average Bonchev–Trinajstić information content (AvgIpc) is 3.64. The number of benzene rings is 1. The number of nitrogens with zero attached hydrogens (tertiary/aromatic N) is 2. The molecule has 1 aromatic rings. The third-order valence-corrected chi connectivity index (χ3v) is 7.42. The number of esters is 1. The van der Waals surface area contributed by atoms with Crippen LogP contribution in [0.15, 0.2) is 35.9 Å². The summed E-state index contributed by atoms with van der Waals surface area (Å²) in [7, 11) is 1.93. The summed E-state index contributed by atoms with van der Waals surface area (Å²) in [6.07, 6.45) is 4.86. The molecule has 2 atom stereocenters. The normalized spacial score (nSPS) is 21.0. The van der Waals surface area contributed by atoms with Crippen LogP contribution < -0.4 is 0 Å². The van der Waals surface area contributed by atoms with Crippen molar-refractivity contribution in [2.45, 2.75) is 50.8 Å². The molecule has 1 aliphatic carbocycles. The molecule has 0 radical (unpaired) electrons. The second-order valence-electron chi connectivity index (χ2n) is 9.05. The van der Waals surface area contributed by atoms with Crippen LogP contribution in [-0.2, 0) is 19.1 Å². The van der Waals surface area contributed by atoms with Crippen molar-refractivity contribution in [2.75, 3.05) is 39.8 Å². The molecule has 1 heterocycles. The average molecular weight is 491 g/mol. The Morgan fingerprint density at radius 1 is 1.26 bits per heavy atom. The van der Waals surface area contributed by atoms with Gasteiger partial charge in [-0.3, -0.25) is 19.3 Å². The van der Waals surface area contributed by atoms with Crippen LogP contribution in [-0.4, -0.2) is 71.8 Å². The molecule has 6 nitrogen and oxygen atoms in total. The van der Waals surface area contributed by atoms with Crippen LogP contribution in [0, 0.1) is 11.7 Å². The zero-order chi connectivity index (χ0) is 24.7. The summed E-state index contributed by atoms with van der Waals surface area (Å²) in [5, 5.41) is 0.0873. The molecule has 2 unspecified atom stereocenters. The fourth-order valence-electron chi connectivity index (χ4n) is 4.33. The van der Waals surface area contributed by atoms with Crippen molar-refractivity contribution in [3.05, 3.63) is 47.3 Å². The van der Waals surface area contributed by atoms with E-state index in [1.807, 2.05) is 11.9 Å². The predicted molar refractivity (Wildman–Crippen MR) is 132 cm³/mol. The Morgan fingerprint density at radius 2 is 2.00 bits per heavy atom. The molecular formula is C26H35FN2O4S. The summed E-state index contributed by atoms with van der Waals surface area (Å²) in [5.74, 6) is -0.475. The summed E-state index contributed by atoms with van der Waals surface area (Å²) in [6.45, 7) is 6.03. The van der Waals surface area contributed by atoms with Gasteiger partial charge >= 0.3 is 5.97 Å². The van der Waals surface area contributed by atoms with Gasteiger partial charge in [-0.25, -0.2) is 4.39 Å². The van der Waals surface area contributed by atoms with Gasteiger partial charge in [-0.05, 0) is 44.9 Å². The van der Waals surface area contributed by atoms with Crippen molar-refractivity contribution in [1.82, 2.24) is 9.80 Å². The van der Waals surface area contributed by atoms with E-state index in [1.54, 1.807) is 32.0 Å². The number of carbonyl (C=O) groups excluding carboxylic acids is 3. The molecule has 0 bridgehead atoms. The van der Waals surface area contributed by atoms with Crippen molar-refractivity contribution in [3.8, 4) is 0 Å². The summed E-state index contributed by atoms with van der Waals surface area (Å²) in [5.41, 5.74) is 1.50. The first-order valence-electron chi connectivity index (χ1n) is 12.0. The number of likely N-dealkylation sites (tertiary alicyclic amines) is 1. The highest BCUT2D eigenvalue weighted by Crippen LogP contribution is 2.40. The molecule has 8 heteroatoms. The molecule has 1 aromatic carbocycles. The zero-order valence-electron chi connectivity index (χ0n) is 20.3. The highest BCUT2D eigenvalue weighted by Gasteiger charge is 2.41. The number of hydrogen-bond acceptors (Lipinski definition) is 7. The second-order valence-corrected chi connectivity index (χ2v) is 10.4. The molecule has 2 aliphatic rings. The van der Waals surface area contributed by atoms with Gasteiger partial charge in [0.25, 0.3) is 0 Å². The maximum absolute atomic E-state index is 14.8. The van der Waals surface area contributed by atoms with Crippen molar-refractivity contribution < 1.29 is 23.5 Å². The molecular weight excluding hydrogens is 455 g/mol. The number of carbonyl (C=O) groups is 3. The second kappa shape index (κ2) is 12.6. The van der Waals surface area contributed by atoms with E-state index in [9.17, 15) is 18.8 Å². The van der Waals surface area contributed by atoms with Gasteiger partial charge in [-0.15, -0.1) is 0 Å². The van der Waals surface area contributed by atoms with Gasteiger partial charge in [0.05, 0.1) is 19.1 Å². The Kier molecular flexibility index (Phi) is 9.85. The first-order chi connectivity index (χ1) is 16.3. The number of halogens is 1. The Labute approximate surface area is 205 Å². The van der Waals surface area contributed by atoms with Crippen LogP contribution in [0.3, 0.4) is 0 Å². The van der Waals surface area contributed by atoms with E-state index in [0.717, 1.165) is 18.4 Å².